The second-order valence-corrected chi connectivity index (χ2v) is 4.32. The molecule has 0 amide bonds. The number of nitrogens with zero attached hydrogens (tertiary/aromatic N) is 1. The summed E-state index contributed by atoms with van der Waals surface area (Å²) >= 11 is 0. The van der Waals surface area contributed by atoms with E-state index < -0.39 is 0 Å². The number of rotatable bonds is 1. The standard InChI is InChI=1S/C11H19N/c1-3-10-8-9-6-4-5-7-11(9)12(10)2/h3,9-11H,1,4-8H2,2H3. The van der Waals surface area contributed by atoms with Crippen LogP contribution in [-0.4, -0.2) is 24.0 Å². The smallest absolute Gasteiger partial charge is 0.0278 e. The van der Waals surface area contributed by atoms with Gasteiger partial charge in [0.25, 0.3) is 0 Å². The van der Waals surface area contributed by atoms with Gasteiger partial charge in [-0.15, -0.1) is 6.58 Å². The van der Waals surface area contributed by atoms with E-state index in [9.17, 15) is 0 Å². The Morgan fingerprint density at radius 3 is 2.75 bits per heavy atom. The SMILES string of the molecule is C=CC1CC2CCCCC2N1C. The highest BCUT2D eigenvalue weighted by Crippen LogP contribution is 2.38. The Morgan fingerprint density at radius 2 is 2.08 bits per heavy atom. The van der Waals surface area contributed by atoms with Crippen molar-refractivity contribution in [3.63, 3.8) is 0 Å². The average molecular weight is 165 g/mol. The molecule has 0 spiro atoms. The van der Waals surface area contributed by atoms with E-state index in [4.69, 9.17) is 0 Å². The molecular weight excluding hydrogens is 146 g/mol. The molecule has 0 aromatic heterocycles. The van der Waals surface area contributed by atoms with Gasteiger partial charge in [-0.1, -0.05) is 18.9 Å². The van der Waals surface area contributed by atoms with Crippen LogP contribution in [0.3, 0.4) is 0 Å². The van der Waals surface area contributed by atoms with Crippen molar-refractivity contribution >= 4 is 0 Å². The van der Waals surface area contributed by atoms with Gasteiger partial charge in [0.05, 0.1) is 0 Å². The van der Waals surface area contributed by atoms with E-state index in [1.165, 1.54) is 32.1 Å². The molecule has 1 aliphatic carbocycles. The van der Waals surface area contributed by atoms with E-state index in [0.717, 1.165) is 12.0 Å². The third kappa shape index (κ3) is 1.20. The van der Waals surface area contributed by atoms with E-state index in [1.807, 2.05) is 0 Å². The van der Waals surface area contributed by atoms with Crippen molar-refractivity contribution in [2.24, 2.45) is 5.92 Å². The van der Waals surface area contributed by atoms with Gasteiger partial charge in [-0.3, -0.25) is 4.90 Å². The predicted octanol–water partition coefficient (Wildman–Crippen LogP) is 2.44. The normalized spacial score (nSPS) is 42.6. The minimum absolute atomic E-state index is 0.665. The fourth-order valence-electron chi connectivity index (χ4n) is 2.98. The zero-order valence-electron chi connectivity index (χ0n) is 8.00. The number of fused-ring (bicyclic) bond motifs is 1. The van der Waals surface area contributed by atoms with Crippen molar-refractivity contribution in [2.75, 3.05) is 7.05 Å². The van der Waals surface area contributed by atoms with Crippen LogP contribution in [0.4, 0.5) is 0 Å². The molecule has 12 heavy (non-hydrogen) atoms. The van der Waals surface area contributed by atoms with Crippen molar-refractivity contribution in [1.29, 1.82) is 0 Å². The first-order chi connectivity index (χ1) is 5.83. The van der Waals surface area contributed by atoms with Crippen molar-refractivity contribution in [3.05, 3.63) is 12.7 Å². The van der Waals surface area contributed by atoms with Gasteiger partial charge in [0.1, 0.15) is 0 Å². The van der Waals surface area contributed by atoms with Crippen molar-refractivity contribution in [1.82, 2.24) is 4.90 Å². The molecule has 1 heterocycles. The zero-order chi connectivity index (χ0) is 8.55. The maximum atomic E-state index is 3.91. The van der Waals surface area contributed by atoms with Crippen LogP contribution < -0.4 is 0 Å². The molecule has 2 fully saturated rings. The summed E-state index contributed by atoms with van der Waals surface area (Å²) in [5, 5.41) is 0. The molecule has 2 rings (SSSR count). The molecule has 1 nitrogen and oxygen atoms in total. The molecule has 1 saturated carbocycles. The number of likely N-dealkylation sites (N-methyl/N-ethyl adjacent to an activating group) is 1. The number of likely N-dealkylation sites (tertiary alicyclic amines) is 1. The quantitative estimate of drug-likeness (QED) is 0.539. The first-order valence-electron chi connectivity index (χ1n) is 5.17. The van der Waals surface area contributed by atoms with E-state index in [2.05, 4.69) is 24.6 Å². The van der Waals surface area contributed by atoms with Gasteiger partial charge in [-0.05, 0) is 32.2 Å². The third-order valence-electron chi connectivity index (χ3n) is 3.73. The first kappa shape index (κ1) is 8.31. The molecule has 0 aromatic carbocycles. The van der Waals surface area contributed by atoms with Crippen molar-refractivity contribution in [2.45, 2.75) is 44.2 Å². The highest BCUT2D eigenvalue weighted by molar-refractivity contribution is 5.00. The summed E-state index contributed by atoms with van der Waals surface area (Å²) in [6.45, 7) is 3.91. The van der Waals surface area contributed by atoms with Crippen LogP contribution in [0.1, 0.15) is 32.1 Å². The van der Waals surface area contributed by atoms with E-state index in [-0.39, 0.29) is 0 Å². The third-order valence-corrected chi connectivity index (χ3v) is 3.73. The highest BCUT2D eigenvalue weighted by Gasteiger charge is 2.38. The molecule has 1 saturated heterocycles. The number of hydrogen-bond acceptors (Lipinski definition) is 1. The highest BCUT2D eigenvalue weighted by atomic mass is 15.2. The van der Waals surface area contributed by atoms with E-state index in [0.29, 0.717) is 6.04 Å². The molecule has 2 aliphatic rings. The summed E-state index contributed by atoms with van der Waals surface area (Å²) in [4.78, 5) is 2.54. The maximum absolute atomic E-state index is 3.91. The fourth-order valence-corrected chi connectivity index (χ4v) is 2.98. The average Bonchev–Trinajstić information content (AvgIpc) is 2.44. The lowest BCUT2D eigenvalue weighted by atomic mass is 9.85. The van der Waals surface area contributed by atoms with Gasteiger partial charge < -0.3 is 0 Å². The van der Waals surface area contributed by atoms with Crippen LogP contribution in [0.25, 0.3) is 0 Å². The summed E-state index contributed by atoms with van der Waals surface area (Å²) in [5.41, 5.74) is 0. The molecule has 0 radical (unpaired) electrons. The summed E-state index contributed by atoms with van der Waals surface area (Å²) in [6.07, 6.45) is 9.27. The molecular formula is C11H19N. The molecule has 1 heteroatoms. The Hall–Kier alpha value is -0.300. The number of hydrogen-bond donors (Lipinski definition) is 0. The Labute approximate surface area is 75.4 Å². The summed E-state index contributed by atoms with van der Waals surface area (Å²) in [5.74, 6) is 0.978. The van der Waals surface area contributed by atoms with Crippen LogP contribution in [-0.2, 0) is 0 Å². The molecule has 0 aromatic rings. The lowest BCUT2D eigenvalue weighted by Crippen LogP contribution is -2.34. The van der Waals surface area contributed by atoms with Gasteiger partial charge in [-0.2, -0.15) is 0 Å². The monoisotopic (exact) mass is 165 g/mol. The first-order valence-corrected chi connectivity index (χ1v) is 5.17. The second-order valence-electron chi connectivity index (χ2n) is 4.32. The Balaban J connectivity index is 2.07. The summed E-state index contributed by atoms with van der Waals surface area (Å²) < 4.78 is 0. The topological polar surface area (TPSA) is 3.24 Å². The fraction of sp³-hybridized carbons (Fsp3) is 0.818. The maximum Gasteiger partial charge on any atom is 0.0278 e. The lowest BCUT2D eigenvalue weighted by Gasteiger charge is -2.30. The minimum atomic E-state index is 0.665. The molecule has 3 unspecified atom stereocenters. The molecule has 0 N–H and O–H groups in total. The molecule has 3 atom stereocenters. The molecule has 0 bridgehead atoms. The van der Waals surface area contributed by atoms with Gasteiger partial charge >= 0.3 is 0 Å². The predicted molar refractivity (Wildman–Crippen MR) is 52.1 cm³/mol. The Morgan fingerprint density at radius 1 is 1.33 bits per heavy atom. The summed E-state index contributed by atoms with van der Waals surface area (Å²) in [7, 11) is 2.27. The zero-order valence-corrected chi connectivity index (χ0v) is 8.00. The van der Waals surface area contributed by atoms with Crippen LogP contribution in [0, 0.1) is 5.92 Å². The molecule has 1 aliphatic heterocycles. The minimum Gasteiger partial charge on any atom is -0.297 e. The van der Waals surface area contributed by atoms with Crippen molar-refractivity contribution in [3.8, 4) is 0 Å². The van der Waals surface area contributed by atoms with Gasteiger partial charge in [-0.25, -0.2) is 0 Å². The second kappa shape index (κ2) is 3.21. The molecule has 68 valence electrons. The van der Waals surface area contributed by atoms with Crippen LogP contribution in [0.5, 0.6) is 0 Å². The van der Waals surface area contributed by atoms with Gasteiger partial charge in [0, 0.05) is 12.1 Å². The largest absolute Gasteiger partial charge is 0.297 e. The van der Waals surface area contributed by atoms with E-state index >= 15 is 0 Å². The Kier molecular flexibility index (Phi) is 2.22. The van der Waals surface area contributed by atoms with Gasteiger partial charge in [0.15, 0.2) is 0 Å². The van der Waals surface area contributed by atoms with Crippen LogP contribution >= 0.6 is 0 Å². The van der Waals surface area contributed by atoms with E-state index in [1.54, 1.807) is 0 Å². The summed E-state index contributed by atoms with van der Waals surface area (Å²) in [6, 6.07) is 1.54. The van der Waals surface area contributed by atoms with Crippen LogP contribution in [0.2, 0.25) is 0 Å². The van der Waals surface area contributed by atoms with Crippen molar-refractivity contribution < 1.29 is 0 Å². The lowest BCUT2D eigenvalue weighted by molar-refractivity contribution is 0.200. The Bertz CT molecular complexity index is 176. The van der Waals surface area contributed by atoms with Gasteiger partial charge in [0.2, 0.25) is 0 Å². The van der Waals surface area contributed by atoms with Crippen LogP contribution in [0.15, 0.2) is 12.7 Å².